The standard InChI is InChI=1S/C15H18N4S2.C8H13NO2/c1-10-5-6-14(17-7-10)18-9-20-8-13(16-4)15-11(2)19-12(3)21-15;1-6-3-8(11)4-7(2)9(6)5-10/h5-8H,4,9H2,1-3H3,(H,17,18);5-7H,3-4H2,1-2H3/b13-8-;. The molecular weight excluding hydrogens is 442 g/mol. The molecule has 7 nitrogen and oxygen atoms in total. The number of amides is 1. The van der Waals surface area contributed by atoms with Crippen LogP contribution in [0.2, 0.25) is 0 Å². The normalized spacial score (nSPS) is 18.6. The zero-order chi connectivity index (χ0) is 23.7. The number of aliphatic imine (C=N–C) groups is 1. The third-order valence-corrected chi connectivity index (χ3v) is 6.73. The fourth-order valence-electron chi connectivity index (χ4n) is 3.34. The van der Waals surface area contributed by atoms with E-state index in [1.807, 2.05) is 58.4 Å². The summed E-state index contributed by atoms with van der Waals surface area (Å²) in [5.41, 5.74) is 3.04. The first-order chi connectivity index (χ1) is 15.2. The third-order valence-electron chi connectivity index (χ3n) is 4.94. The molecule has 0 spiro atoms. The van der Waals surface area contributed by atoms with Gasteiger partial charge in [0, 0.05) is 31.1 Å². The predicted molar refractivity (Wildman–Crippen MR) is 135 cm³/mol. The maximum atomic E-state index is 11.0. The number of anilines is 1. The van der Waals surface area contributed by atoms with Gasteiger partial charge in [0.2, 0.25) is 6.41 Å². The molecule has 0 radical (unpaired) electrons. The van der Waals surface area contributed by atoms with E-state index in [0.717, 1.165) is 44.9 Å². The number of aromatic nitrogens is 2. The van der Waals surface area contributed by atoms with Crippen LogP contribution >= 0.6 is 23.1 Å². The molecule has 2 unspecified atom stereocenters. The molecule has 1 N–H and O–H groups in total. The zero-order valence-electron chi connectivity index (χ0n) is 19.3. The Hall–Kier alpha value is -2.52. The van der Waals surface area contributed by atoms with Crippen LogP contribution in [0.5, 0.6) is 0 Å². The largest absolute Gasteiger partial charge is 0.361 e. The number of piperidine rings is 1. The molecule has 1 amide bonds. The second-order valence-corrected chi connectivity index (χ2v) is 9.78. The van der Waals surface area contributed by atoms with E-state index in [9.17, 15) is 9.59 Å². The smallest absolute Gasteiger partial charge is 0.210 e. The minimum Gasteiger partial charge on any atom is -0.361 e. The Labute approximate surface area is 198 Å². The Morgan fingerprint density at radius 3 is 2.50 bits per heavy atom. The van der Waals surface area contributed by atoms with Crippen LogP contribution in [0.4, 0.5) is 5.82 Å². The van der Waals surface area contributed by atoms with E-state index in [-0.39, 0.29) is 17.9 Å². The number of likely N-dealkylation sites (tertiary alicyclic amines) is 1. The summed E-state index contributed by atoms with van der Waals surface area (Å²) in [5.74, 6) is 1.87. The average Bonchev–Trinajstić information content (AvgIpc) is 3.07. The van der Waals surface area contributed by atoms with Crippen LogP contribution in [0.3, 0.4) is 0 Å². The van der Waals surface area contributed by atoms with Gasteiger partial charge in [0.25, 0.3) is 0 Å². The number of ketones is 1. The van der Waals surface area contributed by atoms with E-state index in [1.165, 1.54) is 0 Å². The van der Waals surface area contributed by atoms with Crippen molar-refractivity contribution in [2.75, 3.05) is 11.2 Å². The number of thiazole rings is 1. The molecule has 32 heavy (non-hydrogen) atoms. The lowest BCUT2D eigenvalue weighted by Gasteiger charge is -2.34. The number of hydrogen-bond acceptors (Lipinski definition) is 8. The molecule has 1 saturated heterocycles. The molecule has 3 heterocycles. The Bertz CT molecular complexity index is 942. The van der Waals surface area contributed by atoms with Crippen molar-refractivity contribution < 1.29 is 9.59 Å². The SMILES string of the molecule is C=N/C(=C\SCNc1ccc(C)cn1)c1sc(C)nc1C.CC1CC(=O)CC(C)N1C=O. The molecule has 1 aliphatic heterocycles. The number of aryl methyl sites for hydroxylation is 3. The van der Waals surface area contributed by atoms with Gasteiger partial charge in [-0.15, -0.1) is 23.1 Å². The minimum atomic E-state index is 0.0868. The van der Waals surface area contributed by atoms with Gasteiger partial charge in [-0.25, -0.2) is 9.97 Å². The van der Waals surface area contributed by atoms with Gasteiger partial charge >= 0.3 is 0 Å². The summed E-state index contributed by atoms with van der Waals surface area (Å²) in [5, 5.41) is 6.31. The molecule has 0 saturated carbocycles. The van der Waals surface area contributed by atoms with Crippen LogP contribution in [0.15, 0.2) is 28.7 Å². The maximum Gasteiger partial charge on any atom is 0.210 e. The van der Waals surface area contributed by atoms with Crippen molar-refractivity contribution in [2.45, 2.75) is 59.5 Å². The van der Waals surface area contributed by atoms with Crippen molar-refractivity contribution >= 4 is 53.5 Å². The zero-order valence-corrected chi connectivity index (χ0v) is 20.9. The van der Waals surface area contributed by atoms with Gasteiger partial charge in [0.1, 0.15) is 11.6 Å². The number of nitrogens with zero attached hydrogens (tertiary/aromatic N) is 4. The number of hydrogen-bond donors (Lipinski definition) is 1. The van der Waals surface area contributed by atoms with Crippen LogP contribution in [-0.4, -0.2) is 51.7 Å². The van der Waals surface area contributed by atoms with E-state index >= 15 is 0 Å². The molecule has 2 aromatic heterocycles. The first-order valence-corrected chi connectivity index (χ1v) is 12.3. The summed E-state index contributed by atoms with van der Waals surface area (Å²) in [6.45, 7) is 13.5. The van der Waals surface area contributed by atoms with Crippen LogP contribution in [0, 0.1) is 20.8 Å². The lowest BCUT2D eigenvalue weighted by Crippen LogP contribution is -2.45. The third kappa shape index (κ3) is 7.56. The predicted octanol–water partition coefficient (Wildman–Crippen LogP) is 4.85. The van der Waals surface area contributed by atoms with E-state index < -0.39 is 0 Å². The van der Waals surface area contributed by atoms with Crippen molar-refractivity contribution in [3.05, 3.63) is 44.9 Å². The summed E-state index contributed by atoms with van der Waals surface area (Å²) in [4.78, 5) is 37.1. The number of pyridine rings is 1. The first-order valence-electron chi connectivity index (χ1n) is 10.4. The Balaban J connectivity index is 0.000000278. The number of carbonyl (C=O) groups excluding carboxylic acids is 2. The summed E-state index contributed by atoms with van der Waals surface area (Å²) in [7, 11) is 0. The van der Waals surface area contributed by atoms with Crippen molar-refractivity contribution in [1.82, 2.24) is 14.9 Å². The Morgan fingerprint density at radius 2 is 2.00 bits per heavy atom. The van der Waals surface area contributed by atoms with Gasteiger partial charge in [-0.05, 0) is 58.4 Å². The lowest BCUT2D eigenvalue weighted by molar-refractivity contribution is -0.131. The van der Waals surface area contributed by atoms with Gasteiger partial charge in [-0.2, -0.15) is 0 Å². The summed E-state index contributed by atoms with van der Waals surface area (Å²) >= 11 is 3.27. The fraction of sp³-hybridized carbons (Fsp3) is 0.435. The van der Waals surface area contributed by atoms with Gasteiger partial charge in [0.05, 0.1) is 27.2 Å². The molecule has 172 valence electrons. The molecule has 1 fully saturated rings. The molecule has 2 aromatic rings. The number of carbonyl (C=O) groups is 2. The van der Waals surface area contributed by atoms with Crippen molar-refractivity contribution in [3.63, 3.8) is 0 Å². The molecule has 3 rings (SSSR count). The van der Waals surface area contributed by atoms with Crippen LogP contribution in [-0.2, 0) is 9.59 Å². The summed E-state index contributed by atoms with van der Waals surface area (Å²) in [6, 6.07) is 4.19. The second kappa shape index (κ2) is 12.5. The molecule has 0 aromatic carbocycles. The molecular formula is C23H31N5O2S2. The molecule has 0 bridgehead atoms. The van der Waals surface area contributed by atoms with E-state index in [1.54, 1.807) is 28.0 Å². The highest BCUT2D eigenvalue weighted by Crippen LogP contribution is 2.28. The number of Topliss-reactive ketones (excluding diaryl/α,β-unsaturated/α-hetero) is 1. The van der Waals surface area contributed by atoms with Gasteiger partial charge in [0.15, 0.2) is 0 Å². The summed E-state index contributed by atoms with van der Waals surface area (Å²) in [6.07, 6.45) is 3.72. The van der Waals surface area contributed by atoms with E-state index in [0.29, 0.717) is 12.8 Å². The average molecular weight is 474 g/mol. The van der Waals surface area contributed by atoms with Crippen LogP contribution < -0.4 is 5.32 Å². The summed E-state index contributed by atoms with van der Waals surface area (Å²) < 4.78 is 0. The van der Waals surface area contributed by atoms with Crippen LogP contribution in [0.1, 0.15) is 47.8 Å². The van der Waals surface area contributed by atoms with Gasteiger partial charge in [-0.1, -0.05) is 6.07 Å². The number of nitrogens with one attached hydrogen (secondary N) is 1. The molecule has 2 atom stereocenters. The monoisotopic (exact) mass is 473 g/mol. The van der Waals surface area contributed by atoms with Gasteiger partial charge in [-0.3, -0.25) is 14.6 Å². The van der Waals surface area contributed by atoms with Gasteiger partial charge < -0.3 is 10.2 Å². The number of thioether (sulfide) groups is 1. The Morgan fingerprint density at radius 1 is 1.31 bits per heavy atom. The molecule has 9 heteroatoms. The maximum absolute atomic E-state index is 11.0. The van der Waals surface area contributed by atoms with Crippen molar-refractivity contribution in [1.29, 1.82) is 0 Å². The quantitative estimate of drug-likeness (QED) is 0.268. The fourth-order valence-corrected chi connectivity index (χ4v) is 4.97. The second-order valence-electron chi connectivity index (χ2n) is 7.71. The topological polar surface area (TPSA) is 87.6 Å². The van der Waals surface area contributed by atoms with Crippen molar-refractivity contribution in [2.24, 2.45) is 4.99 Å². The number of rotatable bonds is 7. The highest BCUT2D eigenvalue weighted by Gasteiger charge is 2.27. The minimum absolute atomic E-state index is 0.0868. The van der Waals surface area contributed by atoms with Crippen LogP contribution in [0.25, 0.3) is 5.70 Å². The molecule has 0 aliphatic carbocycles. The van der Waals surface area contributed by atoms with E-state index in [2.05, 4.69) is 27.0 Å². The lowest BCUT2D eigenvalue weighted by atomic mass is 9.97. The van der Waals surface area contributed by atoms with Crippen molar-refractivity contribution in [3.8, 4) is 0 Å². The first kappa shape index (κ1) is 25.7. The highest BCUT2D eigenvalue weighted by molar-refractivity contribution is 8.02. The highest BCUT2D eigenvalue weighted by atomic mass is 32.2. The molecule has 1 aliphatic rings. The Kier molecular flexibility index (Phi) is 10.1. The van der Waals surface area contributed by atoms with E-state index in [4.69, 9.17) is 0 Å².